The van der Waals surface area contributed by atoms with Crippen LogP contribution in [0.1, 0.15) is 0 Å². The third kappa shape index (κ3) is 2.54. The Morgan fingerprint density at radius 1 is 0.833 bits per heavy atom. The molecule has 0 unspecified atom stereocenters. The number of pyridine rings is 1. The first-order valence-electron chi connectivity index (χ1n) is 5.41. The molecule has 1 aromatic carbocycles. The van der Waals surface area contributed by atoms with Gasteiger partial charge in [0.2, 0.25) is 0 Å². The standard InChI is InChI=1S/C14H10N3.Zn/c1-2-6-11(7-3-1)13-10-14(17-16-13)12-8-4-5-9-15-12;/h1-10H;/q-1;. The predicted octanol–water partition coefficient (Wildman–Crippen LogP) is 2.77. The van der Waals surface area contributed by atoms with Crippen LogP contribution in [0.25, 0.3) is 22.6 Å². The van der Waals surface area contributed by atoms with Crippen LogP contribution in [0.15, 0.2) is 60.8 Å². The first-order valence-corrected chi connectivity index (χ1v) is 5.41. The van der Waals surface area contributed by atoms with E-state index < -0.39 is 0 Å². The number of nitrogens with zero attached hydrogens (tertiary/aromatic N) is 3. The minimum Gasteiger partial charge on any atom is -0.573 e. The number of aromatic nitrogens is 3. The molecule has 0 bridgehead atoms. The van der Waals surface area contributed by atoms with Crippen molar-refractivity contribution in [3.8, 4) is 22.6 Å². The van der Waals surface area contributed by atoms with E-state index in [2.05, 4.69) is 15.2 Å². The Morgan fingerprint density at radius 2 is 1.61 bits per heavy atom. The number of hydrogen-bond donors (Lipinski definition) is 0. The van der Waals surface area contributed by atoms with Crippen LogP contribution >= 0.6 is 0 Å². The van der Waals surface area contributed by atoms with Gasteiger partial charge in [0.15, 0.2) is 0 Å². The molecular weight excluding hydrogens is 276 g/mol. The fraction of sp³-hybridized carbons (Fsp3) is 0. The van der Waals surface area contributed by atoms with Crippen molar-refractivity contribution in [1.82, 2.24) is 15.2 Å². The summed E-state index contributed by atoms with van der Waals surface area (Å²) in [6, 6.07) is 17.7. The average molecular weight is 286 g/mol. The van der Waals surface area contributed by atoms with Gasteiger partial charge in [-0.1, -0.05) is 42.1 Å². The van der Waals surface area contributed by atoms with E-state index >= 15 is 0 Å². The summed E-state index contributed by atoms with van der Waals surface area (Å²) in [5.41, 5.74) is 3.61. The van der Waals surface area contributed by atoms with Crippen LogP contribution in [0.3, 0.4) is 0 Å². The molecule has 0 aliphatic heterocycles. The zero-order valence-corrected chi connectivity index (χ0v) is 12.8. The topological polar surface area (TPSA) is 39.9 Å². The van der Waals surface area contributed by atoms with Gasteiger partial charge < -0.3 is 10.2 Å². The second-order valence-electron chi connectivity index (χ2n) is 3.70. The fourth-order valence-electron chi connectivity index (χ4n) is 1.68. The second kappa shape index (κ2) is 5.70. The van der Waals surface area contributed by atoms with E-state index in [-0.39, 0.29) is 19.5 Å². The van der Waals surface area contributed by atoms with E-state index in [0.717, 1.165) is 22.6 Å². The van der Waals surface area contributed by atoms with E-state index in [0.29, 0.717) is 0 Å². The number of rotatable bonds is 2. The quantitative estimate of drug-likeness (QED) is 0.680. The van der Waals surface area contributed by atoms with Crippen LogP contribution in [0, 0.1) is 0 Å². The zero-order chi connectivity index (χ0) is 11.5. The second-order valence-corrected chi connectivity index (χ2v) is 3.70. The summed E-state index contributed by atoms with van der Waals surface area (Å²) < 4.78 is 0. The summed E-state index contributed by atoms with van der Waals surface area (Å²) in [6.07, 6.45) is 1.76. The first kappa shape index (κ1) is 12.7. The Hall–Kier alpha value is -1.80. The summed E-state index contributed by atoms with van der Waals surface area (Å²) >= 11 is 0. The molecule has 0 amide bonds. The summed E-state index contributed by atoms with van der Waals surface area (Å²) in [5, 5.41) is 8.32. The fourth-order valence-corrected chi connectivity index (χ4v) is 1.68. The number of hydrogen-bond acceptors (Lipinski definition) is 2. The average Bonchev–Trinajstić information content (AvgIpc) is 2.90. The third-order valence-electron chi connectivity index (χ3n) is 2.54. The minimum atomic E-state index is 0. The molecule has 0 radical (unpaired) electrons. The Kier molecular flexibility index (Phi) is 4.01. The van der Waals surface area contributed by atoms with E-state index in [1.807, 2.05) is 54.6 Å². The Balaban J connectivity index is 0.00000120. The van der Waals surface area contributed by atoms with Gasteiger partial charge in [0.1, 0.15) is 0 Å². The Labute approximate surface area is 118 Å². The molecule has 0 aliphatic carbocycles. The van der Waals surface area contributed by atoms with Crippen molar-refractivity contribution < 1.29 is 19.5 Å². The van der Waals surface area contributed by atoms with Crippen LogP contribution in [0.2, 0.25) is 0 Å². The summed E-state index contributed by atoms with van der Waals surface area (Å²) in [6.45, 7) is 0. The van der Waals surface area contributed by atoms with Gasteiger partial charge in [-0.15, -0.1) is 0 Å². The normalized spacial score (nSPS) is 9.78. The van der Waals surface area contributed by atoms with Gasteiger partial charge in [0.25, 0.3) is 0 Å². The van der Waals surface area contributed by atoms with Crippen LogP contribution < -0.4 is 5.10 Å². The van der Waals surface area contributed by atoms with Crippen molar-refractivity contribution in [2.24, 2.45) is 0 Å². The van der Waals surface area contributed by atoms with Gasteiger partial charge in [-0.2, -0.15) is 0 Å². The van der Waals surface area contributed by atoms with Crippen molar-refractivity contribution in [1.29, 1.82) is 0 Å². The molecule has 2 heterocycles. The smallest absolute Gasteiger partial charge is 0.0494 e. The molecule has 0 saturated heterocycles. The predicted molar refractivity (Wildman–Crippen MR) is 66.2 cm³/mol. The third-order valence-corrected chi connectivity index (χ3v) is 2.54. The van der Waals surface area contributed by atoms with Gasteiger partial charge in [-0.05, 0) is 23.8 Å². The molecule has 0 fully saturated rings. The maximum Gasteiger partial charge on any atom is 0.0494 e. The van der Waals surface area contributed by atoms with Gasteiger partial charge in [-0.3, -0.25) is 4.98 Å². The molecule has 0 N–H and O–H groups in total. The maximum absolute atomic E-state index is 4.25. The van der Waals surface area contributed by atoms with Crippen LogP contribution in [0.4, 0.5) is 0 Å². The van der Waals surface area contributed by atoms with Gasteiger partial charge >= 0.3 is 0 Å². The molecule has 0 saturated carbocycles. The molecule has 84 valence electrons. The molecule has 3 aromatic rings. The molecule has 0 atom stereocenters. The van der Waals surface area contributed by atoms with E-state index in [4.69, 9.17) is 0 Å². The maximum atomic E-state index is 4.25. The van der Waals surface area contributed by atoms with E-state index in [9.17, 15) is 0 Å². The first-order chi connectivity index (χ1) is 8.43. The van der Waals surface area contributed by atoms with Gasteiger partial charge in [0, 0.05) is 37.1 Å². The van der Waals surface area contributed by atoms with E-state index in [1.165, 1.54) is 0 Å². The molecule has 3 nitrogen and oxygen atoms in total. The van der Waals surface area contributed by atoms with Crippen molar-refractivity contribution in [3.63, 3.8) is 0 Å². The molecule has 0 aliphatic rings. The zero-order valence-electron chi connectivity index (χ0n) is 9.82. The SMILES string of the molecule is [Zn].c1ccc(-c2cc(-c3ccccn3)[n-]n2)cc1. The van der Waals surface area contributed by atoms with Crippen molar-refractivity contribution in [2.45, 2.75) is 0 Å². The van der Waals surface area contributed by atoms with Crippen molar-refractivity contribution in [3.05, 3.63) is 60.8 Å². The molecule has 3 rings (SSSR count). The molecule has 18 heavy (non-hydrogen) atoms. The molecular formula is C14H10N3Zn-. The molecule has 2 aromatic heterocycles. The monoisotopic (exact) mass is 284 g/mol. The summed E-state index contributed by atoms with van der Waals surface area (Å²) in [4.78, 5) is 4.25. The van der Waals surface area contributed by atoms with E-state index in [1.54, 1.807) is 6.20 Å². The largest absolute Gasteiger partial charge is 0.573 e. The van der Waals surface area contributed by atoms with Gasteiger partial charge in [-0.25, -0.2) is 0 Å². The van der Waals surface area contributed by atoms with Crippen LogP contribution in [0.5, 0.6) is 0 Å². The van der Waals surface area contributed by atoms with Crippen molar-refractivity contribution >= 4 is 0 Å². The molecule has 4 heteroatoms. The Morgan fingerprint density at radius 3 is 2.33 bits per heavy atom. The van der Waals surface area contributed by atoms with Crippen LogP contribution in [-0.2, 0) is 19.5 Å². The summed E-state index contributed by atoms with van der Waals surface area (Å²) in [5.74, 6) is 0. The minimum absolute atomic E-state index is 0. The van der Waals surface area contributed by atoms with Gasteiger partial charge in [0.05, 0.1) is 0 Å². The number of benzene rings is 1. The van der Waals surface area contributed by atoms with Crippen molar-refractivity contribution in [2.75, 3.05) is 0 Å². The molecule has 0 spiro atoms. The summed E-state index contributed by atoms with van der Waals surface area (Å²) in [7, 11) is 0. The van der Waals surface area contributed by atoms with Crippen LogP contribution in [-0.4, -0.2) is 10.1 Å². The Bertz CT molecular complexity index is 551.